The predicted molar refractivity (Wildman–Crippen MR) is 127 cm³/mol. The highest BCUT2D eigenvalue weighted by molar-refractivity contribution is 5.96. The third-order valence-corrected chi connectivity index (χ3v) is 6.35. The first-order valence-corrected chi connectivity index (χ1v) is 12.0. The van der Waals surface area contributed by atoms with Gasteiger partial charge >= 0.3 is 6.18 Å². The number of nitrogens with zero attached hydrogens (tertiary/aromatic N) is 2. The van der Waals surface area contributed by atoms with Gasteiger partial charge in [-0.25, -0.2) is 0 Å². The molecule has 0 aliphatic heterocycles. The molecule has 1 aliphatic rings. The molecule has 6 nitrogen and oxygen atoms in total. The summed E-state index contributed by atoms with van der Waals surface area (Å²) < 4.78 is 49.7. The molecule has 2 aromatic rings. The van der Waals surface area contributed by atoms with Crippen molar-refractivity contribution in [1.29, 1.82) is 0 Å². The van der Waals surface area contributed by atoms with E-state index >= 15 is 0 Å². The largest absolute Gasteiger partial charge is 0.496 e. The normalized spacial score (nSPS) is 18.7. The number of aromatic nitrogens is 2. The Hall–Kier alpha value is -2.71. The van der Waals surface area contributed by atoms with Crippen molar-refractivity contribution in [3.8, 4) is 17.0 Å². The van der Waals surface area contributed by atoms with E-state index in [0.29, 0.717) is 12.5 Å². The van der Waals surface area contributed by atoms with E-state index in [1.165, 1.54) is 11.8 Å². The molecule has 1 saturated carbocycles. The maximum Gasteiger partial charge on any atom is 0.420 e. The fraction of sp³-hybridized carbons (Fsp3) is 0.600. The van der Waals surface area contributed by atoms with Gasteiger partial charge in [0.15, 0.2) is 5.69 Å². The Kier molecular flexibility index (Phi) is 8.15. The summed E-state index contributed by atoms with van der Waals surface area (Å²) in [6, 6.07) is 5.08. The zero-order valence-electron chi connectivity index (χ0n) is 20.6. The first-order chi connectivity index (χ1) is 16.0. The van der Waals surface area contributed by atoms with E-state index in [0.717, 1.165) is 31.4 Å². The van der Waals surface area contributed by atoms with Crippen LogP contribution in [0.3, 0.4) is 0 Å². The number of aryl methyl sites for hydroxylation is 1. The lowest BCUT2D eigenvalue weighted by atomic mass is 9.83. The van der Waals surface area contributed by atoms with Crippen molar-refractivity contribution < 1.29 is 22.7 Å². The molecule has 1 aromatic carbocycles. The van der Waals surface area contributed by atoms with Gasteiger partial charge in [-0.1, -0.05) is 19.8 Å². The van der Waals surface area contributed by atoms with Crippen molar-refractivity contribution in [1.82, 2.24) is 15.1 Å². The second-order valence-corrected chi connectivity index (χ2v) is 9.44. The number of hydrogen-bond acceptors (Lipinski definition) is 4. The van der Waals surface area contributed by atoms with Crippen molar-refractivity contribution in [2.45, 2.75) is 72.1 Å². The molecule has 2 N–H and O–H groups in total. The summed E-state index contributed by atoms with van der Waals surface area (Å²) in [6.07, 6.45) is -0.684. The molecule has 0 spiro atoms. The number of anilines is 1. The summed E-state index contributed by atoms with van der Waals surface area (Å²) in [5.74, 6) is 0.414. The Balaban J connectivity index is 1.99. The summed E-state index contributed by atoms with van der Waals surface area (Å²) in [6.45, 7) is 8.35. The Labute approximate surface area is 199 Å². The standard InChI is InChI=1S/C25H35F3N4O2/c1-6-32-23(19-12-11-18(30-15(2)3)13-20(19)34-5)21(25(26,27)28)22(31-32)24(33)29-14-17-9-7-16(4)8-10-17/h11-13,15-17,30H,6-10,14H2,1-5H3,(H,29,33). The maximum absolute atomic E-state index is 14.3. The molecule has 9 heteroatoms. The van der Waals surface area contributed by atoms with Crippen LogP contribution in [0, 0.1) is 11.8 Å². The smallest absolute Gasteiger partial charge is 0.420 e. The summed E-state index contributed by atoms with van der Waals surface area (Å²) in [5, 5.41) is 10.0. The molecule has 34 heavy (non-hydrogen) atoms. The van der Waals surface area contributed by atoms with E-state index in [1.807, 2.05) is 13.8 Å². The second-order valence-electron chi connectivity index (χ2n) is 9.44. The van der Waals surface area contributed by atoms with Gasteiger partial charge in [-0.05, 0) is 57.6 Å². The fourth-order valence-electron chi connectivity index (χ4n) is 4.56. The Bertz CT molecular complexity index is 993. The first kappa shape index (κ1) is 25.9. The highest BCUT2D eigenvalue weighted by Crippen LogP contribution is 2.43. The molecule has 1 amide bonds. The van der Waals surface area contributed by atoms with Gasteiger partial charge in [0.1, 0.15) is 11.3 Å². The number of rotatable bonds is 8. The van der Waals surface area contributed by atoms with Crippen LogP contribution in [0.5, 0.6) is 5.75 Å². The first-order valence-electron chi connectivity index (χ1n) is 12.0. The monoisotopic (exact) mass is 480 g/mol. The summed E-state index contributed by atoms with van der Waals surface area (Å²) in [7, 11) is 1.41. The zero-order chi connectivity index (χ0) is 25.0. The lowest BCUT2D eigenvalue weighted by molar-refractivity contribution is -0.137. The van der Waals surface area contributed by atoms with E-state index in [2.05, 4.69) is 22.7 Å². The van der Waals surface area contributed by atoms with Gasteiger partial charge in [-0.3, -0.25) is 9.48 Å². The molecule has 0 bridgehead atoms. The van der Waals surface area contributed by atoms with E-state index < -0.39 is 23.3 Å². The van der Waals surface area contributed by atoms with Crippen LogP contribution in [0.1, 0.15) is 69.4 Å². The van der Waals surface area contributed by atoms with Gasteiger partial charge in [0.2, 0.25) is 0 Å². The van der Waals surface area contributed by atoms with Crippen LogP contribution in [0.25, 0.3) is 11.3 Å². The van der Waals surface area contributed by atoms with Crippen molar-refractivity contribution in [2.75, 3.05) is 19.0 Å². The van der Waals surface area contributed by atoms with Gasteiger partial charge in [0, 0.05) is 36.4 Å². The van der Waals surface area contributed by atoms with Crippen molar-refractivity contribution in [3.63, 3.8) is 0 Å². The molecule has 0 unspecified atom stereocenters. The minimum atomic E-state index is -4.77. The number of halogens is 3. The molecule has 1 aliphatic carbocycles. The van der Waals surface area contributed by atoms with Crippen LogP contribution in [-0.4, -0.2) is 35.4 Å². The van der Waals surface area contributed by atoms with Crippen molar-refractivity contribution >= 4 is 11.6 Å². The van der Waals surface area contributed by atoms with Gasteiger partial charge in [-0.15, -0.1) is 0 Å². The maximum atomic E-state index is 14.3. The summed E-state index contributed by atoms with van der Waals surface area (Å²) in [4.78, 5) is 12.9. The molecule has 1 aromatic heterocycles. The molecule has 3 rings (SSSR count). The number of carbonyl (C=O) groups excluding carboxylic acids is 1. The van der Waals surface area contributed by atoms with Crippen LogP contribution >= 0.6 is 0 Å². The van der Waals surface area contributed by atoms with Crippen molar-refractivity contribution in [2.24, 2.45) is 11.8 Å². The molecule has 1 heterocycles. The lowest BCUT2D eigenvalue weighted by Gasteiger charge is -2.26. The fourth-order valence-corrected chi connectivity index (χ4v) is 4.56. The molecule has 0 saturated heterocycles. The molecule has 188 valence electrons. The van der Waals surface area contributed by atoms with Gasteiger partial charge in [0.25, 0.3) is 5.91 Å². The second kappa shape index (κ2) is 10.7. The Morgan fingerprint density at radius 2 is 1.91 bits per heavy atom. The minimum absolute atomic E-state index is 0.144. The number of alkyl halides is 3. The zero-order valence-corrected chi connectivity index (χ0v) is 20.6. The molecule has 0 radical (unpaired) electrons. The van der Waals surface area contributed by atoms with Gasteiger partial charge < -0.3 is 15.4 Å². The van der Waals surface area contributed by atoms with Gasteiger partial charge in [-0.2, -0.15) is 18.3 Å². The topological polar surface area (TPSA) is 68.2 Å². The van der Waals surface area contributed by atoms with Crippen LogP contribution in [0.15, 0.2) is 18.2 Å². The van der Waals surface area contributed by atoms with E-state index in [-0.39, 0.29) is 35.5 Å². The molecule has 0 atom stereocenters. The Morgan fingerprint density at radius 1 is 1.24 bits per heavy atom. The molecular weight excluding hydrogens is 445 g/mol. The van der Waals surface area contributed by atoms with E-state index in [1.54, 1.807) is 25.1 Å². The number of ether oxygens (including phenoxy) is 1. The highest BCUT2D eigenvalue weighted by Gasteiger charge is 2.43. The number of carbonyl (C=O) groups is 1. The van der Waals surface area contributed by atoms with Gasteiger partial charge in [0.05, 0.1) is 12.8 Å². The predicted octanol–water partition coefficient (Wildman–Crippen LogP) is 5.97. The average Bonchev–Trinajstić information content (AvgIpc) is 3.18. The number of benzene rings is 1. The van der Waals surface area contributed by atoms with Crippen molar-refractivity contribution in [3.05, 3.63) is 29.5 Å². The third kappa shape index (κ3) is 5.85. The molecule has 1 fully saturated rings. The van der Waals surface area contributed by atoms with Crippen LogP contribution < -0.4 is 15.4 Å². The van der Waals surface area contributed by atoms with Crippen LogP contribution in [-0.2, 0) is 12.7 Å². The quantitative estimate of drug-likeness (QED) is 0.488. The summed E-state index contributed by atoms with van der Waals surface area (Å²) in [5.41, 5.74) is -0.836. The Morgan fingerprint density at radius 3 is 2.47 bits per heavy atom. The van der Waals surface area contributed by atoms with E-state index in [4.69, 9.17) is 4.74 Å². The summed E-state index contributed by atoms with van der Waals surface area (Å²) >= 11 is 0. The lowest BCUT2D eigenvalue weighted by Crippen LogP contribution is -2.32. The SMILES string of the molecule is CCn1nc(C(=O)NCC2CCC(C)CC2)c(C(F)(F)F)c1-c1ccc(NC(C)C)cc1OC. The molecular formula is C25H35F3N4O2. The third-order valence-electron chi connectivity index (χ3n) is 6.35. The number of amides is 1. The minimum Gasteiger partial charge on any atom is -0.496 e. The number of methoxy groups -OCH3 is 1. The van der Waals surface area contributed by atoms with Crippen LogP contribution in [0.2, 0.25) is 0 Å². The highest BCUT2D eigenvalue weighted by atomic mass is 19.4. The van der Waals surface area contributed by atoms with E-state index in [9.17, 15) is 18.0 Å². The number of hydrogen-bond donors (Lipinski definition) is 2. The average molecular weight is 481 g/mol. The van der Waals surface area contributed by atoms with Crippen LogP contribution in [0.4, 0.5) is 18.9 Å². The number of nitrogens with one attached hydrogen (secondary N) is 2.